The molecule has 0 aromatic heterocycles. The molecule has 0 amide bonds. The van der Waals surface area contributed by atoms with Gasteiger partial charge in [-0.3, -0.25) is 0 Å². The largest absolute Gasteiger partial charge is 0.478 e. The first-order valence-corrected chi connectivity index (χ1v) is 9.67. The highest BCUT2D eigenvalue weighted by molar-refractivity contribution is 7.91. The molecule has 5 heteroatoms. The van der Waals surface area contributed by atoms with Crippen LogP contribution in [0.1, 0.15) is 21.5 Å². The second-order valence-electron chi connectivity index (χ2n) is 5.89. The van der Waals surface area contributed by atoms with Crippen LogP contribution in [0.15, 0.2) is 88.7 Å². The molecule has 3 aromatic carbocycles. The number of hydrogen-bond acceptors (Lipinski definition) is 3. The lowest BCUT2D eigenvalue weighted by atomic mass is 10.00. The number of carboxylic acid groups (broad SMARTS) is 1. The Balaban J connectivity index is 1.93. The zero-order valence-electron chi connectivity index (χ0n) is 14.0. The molecule has 4 nitrogen and oxygen atoms in total. The average molecular weight is 366 g/mol. The van der Waals surface area contributed by atoms with Crippen molar-refractivity contribution in [3.63, 3.8) is 0 Å². The monoisotopic (exact) mass is 366 g/mol. The standard InChI is InChI=1S/C21H18O4S/c22-21(23)19-12-6-4-8-16(19)14-15-17-9-5-7-13-20(17)26(24,25)18-10-2-1-3-11-18/h1-13H,14-15H2,(H,22,23). The fraction of sp³-hybridized carbons (Fsp3) is 0.0952. The van der Waals surface area contributed by atoms with E-state index in [4.69, 9.17) is 0 Å². The number of carbonyl (C=O) groups is 1. The minimum absolute atomic E-state index is 0.246. The Morgan fingerprint density at radius 3 is 1.96 bits per heavy atom. The molecule has 0 aliphatic rings. The van der Waals surface area contributed by atoms with E-state index in [1.807, 2.05) is 0 Å². The smallest absolute Gasteiger partial charge is 0.335 e. The van der Waals surface area contributed by atoms with E-state index in [-0.39, 0.29) is 15.4 Å². The quantitative estimate of drug-likeness (QED) is 0.716. The van der Waals surface area contributed by atoms with Crippen LogP contribution in [0.3, 0.4) is 0 Å². The van der Waals surface area contributed by atoms with Crippen LogP contribution in [0.2, 0.25) is 0 Å². The number of aromatic carboxylic acids is 1. The fourth-order valence-corrected chi connectivity index (χ4v) is 4.46. The molecule has 0 spiro atoms. The van der Waals surface area contributed by atoms with Gasteiger partial charge in [0.15, 0.2) is 0 Å². The number of aryl methyl sites for hydroxylation is 2. The normalized spacial score (nSPS) is 11.2. The highest BCUT2D eigenvalue weighted by Gasteiger charge is 2.20. The van der Waals surface area contributed by atoms with Crippen LogP contribution < -0.4 is 0 Å². The summed E-state index contributed by atoms with van der Waals surface area (Å²) in [5, 5.41) is 9.30. The minimum atomic E-state index is -3.62. The molecule has 0 radical (unpaired) electrons. The molecule has 0 fully saturated rings. The van der Waals surface area contributed by atoms with Crippen LogP contribution in [0, 0.1) is 0 Å². The second kappa shape index (κ2) is 7.54. The van der Waals surface area contributed by atoms with Gasteiger partial charge in [0.25, 0.3) is 0 Å². The third-order valence-corrected chi connectivity index (χ3v) is 6.10. The third kappa shape index (κ3) is 3.68. The van der Waals surface area contributed by atoms with E-state index in [1.165, 1.54) is 0 Å². The van der Waals surface area contributed by atoms with Gasteiger partial charge in [0.05, 0.1) is 15.4 Å². The van der Waals surface area contributed by atoms with Crippen LogP contribution in [-0.2, 0) is 22.7 Å². The van der Waals surface area contributed by atoms with Crippen molar-refractivity contribution in [2.24, 2.45) is 0 Å². The first kappa shape index (κ1) is 17.9. The van der Waals surface area contributed by atoms with E-state index in [2.05, 4.69) is 0 Å². The molecule has 0 atom stereocenters. The Labute approximate surface area is 152 Å². The fourth-order valence-electron chi connectivity index (χ4n) is 2.92. The Hall–Kier alpha value is -2.92. The van der Waals surface area contributed by atoms with Crippen molar-refractivity contribution < 1.29 is 18.3 Å². The van der Waals surface area contributed by atoms with E-state index in [0.29, 0.717) is 24.0 Å². The Kier molecular flexibility index (Phi) is 5.19. The Morgan fingerprint density at radius 1 is 0.731 bits per heavy atom. The van der Waals surface area contributed by atoms with Gasteiger partial charge in [0.2, 0.25) is 9.84 Å². The number of sulfone groups is 1. The first-order valence-electron chi connectivity index (χ1n) is 8.19. The van der Waals surface area contributed by atoms with Crippen LogP contribution >= 0.6 is 0 Å². The summed E-state index contributed by atoms with van der Waals surface area (Å²) in [7, 11) is -3.62. The minimum Gasteiger partial charge on any atom is -0.478 e. The van der Waals surface area contributed by atoms with Gasteiger partial charge in [-0.2, -0.15) is 0 Å². The van der Waals surface area contributed by atoms with Crippen molar-refractivity contribution in [3.05, 3.63) is 95.6 Å². The topological polar surface area (TPSA) is 71.4 Å². The van der Waals surface area contributed by atoms with Crippen LogP contribution in [-0.4, -0.2) is 19.5 Å². The van der Waals surface area contributed by atoms with E-state index in [1.54, 1.807) is 78.9 Å². The summed E-state index contributed by atoms with van der Waals surface area (Å²) < 4.78 is 25.9. The van der Waals surface area contributed by atoms with E-state index in [0.717, 1.165) is 0 Å². The molecule has 0 unspecified atom stereocenters. The van der Waals surface area contributed by atoms with Gasteiger partial charge in [-0.15, -0.1) is 0 Å². The van der Waals surface area contributed by atoms with Gasteiger partial charge in [-0.05, 0) is 48.2 Å². The molecule has 0 heterocycles. The summed E-state index contributed by atoms with van der Waals surface area (Å²) in [6.45, 7) is 0. The lowest BCUT2D eigenvalue weighted by Crippen LogP contribution is -2.08. The summed E-state index contributed by atoms with van der Waals surface area (Å²) in [6, 6.07) is 22.0. The number of hydrogen-bond donors (Lipinski definition) is 1. The van der Waals surface area contributed by atoms with Gasteiger partial charge in [-0.1, -0.05) is 54.6 Å². The van der Waals surface area contributed by atoms with Gasteiger partial charge < -0.3 is 5.11 Å². The summed E-state index contributed by atoms with van der Waals surface area (Å²) in [5.41, 5.74) is 1.61. The number of carboxylic acids is 1. The van der Waals surface area contributed by atoms with Crippen molar-refractivity contribution in [2.45, 2.75) is 22.6 Å². The number of benzene rings is 3. The molecule has 3 rings (SSSR count). The van der Waals surface area contributed by atoms with Crippen LogP contribution in [0.5, 0.6) is 0 Å². The third-order valence-electron chi connectivity index (χ3n) is 4.23. The highest BCUT2D eigenvalue weighted by Crippen LogP contribution is 2.25. The van der Waals surface area contributed by atoms with Crippen molar-refractivity contribution in [3.8, 4) is 0 Å². The van der Waals surface area contributed by atoms with Gasteiger partial charge in [-0.25, -0.2) is 13.2 Å². The average Bonchev–Trinajstić information content (AvgIpc) is 2.67. The van der Waals surface area contributed by atoms with E-state index in [9.17, 15) is 18.3 Å². The summed E-state index contributed by atoms with van der Waals surface area (Å²) in [5.74, 6) is -0.981. The predicted molar refractivity (Wildman–Crippen MR) is 99.1 cm³/mol. The summed E-state index contributed by atoms with van der Waals surface area (Å²) in [6.07, 6.45) is 0.885. The summed E-state index contributed by atoms with van der Waals surface area (Å²) in [4.78, 5) is 11.9. The molecule has 3 aromatic rings. The SMILES string of the molecule is O=C(O)c1ccccc1CCc1ccccc1S(=O)(=O)c1ccccc1. The highest BCUT2D eigenvalue weighted by atomic mass is 32.2. The lowest BCUT2D eigenvalue weighted by Gasteiger charge is -2.11. The molecular formula is C21H18O4S. The molecule has 132 valence electrons. The Morgan fingerprint density at radius 2 is 1.27 bits per heavy atom. The number of rotatable bonds is 6. The van der Waals surface area contributed by atoms with Crippen molar-refractivity contribution >= 4 is 15.8 Å². The van der Waals surface area contributed by atoms with Gasteiger partial charge in [0.1, 0.15) is 0 Å². The second-order valence-corrected chi connectivity index (χ2v) is 7.80. The zero-order chi connectivity index (χ0) is 18.6. The molecule has 0 saturated heterocycles. The molecule has 0 bridgehead atoms. The van der Waals surface area contributed by atoms with Crippen LogP contribution in [0.25, 0.3) is 0 Å². The summed E-state index contributed by atoms with van der Waals surface area (Å²) >= 11 is 0. The zero-order valence-corrected chi connectivity index (χ0v) is 14.8. The molecule has 26 heavy (non-hydrogen) atoms. The molecule has 0 aliphatic heterocycles. The maximum Gasteiger partial charge on any atom is 0.335 e. The van der Waals surface area contributed by atoms with E-state index >= 15 is 0 Å². The van der Waals surface area contributed by atoms with Crippen molar-refractivity contribution in [1.82, 2.24) is 0 Å². The predicted octanol–water partition coefficient (Wildman–Crippen LogP) is 4.00. The van der Waals surface area contributed by atoms with Gasteiger partial charge >= 0.3 is 5.97 Å². The Bertz CT molecular complexity index is 1020. The lowest BCUT2D eigenvalue weighted by molar-refractivity contribution is 0.0695. The first-order chi connectivity index (χ1) is 12.5. The molecule has 0 aliphatic carbocycles. The van der Waals surface area contributed by atoms with Crippen molar-refractivity contribution in [1.29, 1.82) is 0 Å². The van der Waals surface area contributed by atoms with Crippen molar-refractivity contribution in [2.75, 3.05) is 0 Å². The molecule has 1 N–H and O–H groups in total. The molecular weight excluding hydrogens is 348 g/mol. The van der Waals surface area contributed by atoms with Gasteiger partial charge in [0, 0.05) is 0 Å². The van der Waals surface area contributed by atoms with E-state index < -0.39 is 15.8 Å². The maximum atomic E-state index is 12.9. The van der Waals surface area contributed by atoms with Crippen LogP contribution in [0.4, 0.5) is 0 Å². The molecule has 0 saturated carbocycles. The maximum absolute atomic E-state index is 12.9.